The number of aromatic nitrogens is 3. The molecule has 0 aliphatic heterocycles. The molecule has 0 radical (unpaired) electrons. The van der Waals surface area contributed by atoms with Crippen molar-refractivity contribution in [2.24, 2.45) is 0 Å². The van der Waals surface area contributed by atoms with Gasteiger partial charge in [0.2, 0.25) is 0 Å². The highest BCUT2D eigenvalue weighted by molar-refractivity contribution is 14.1. The van der Waals surface area contributed by atoms with E-state index < -0.39 is 0 Å². The average molecular weight is 273 g/mol. The molecular formula is C7H4IN3O. The van der Waals surface area contributed by atoms with E-state index >= 15 is 0 Å². The number of hydrogen-bond donors (Lipinski definition) is 0. The zero-order valence-electron chi connectivity index (χ0n) is 5.94. The number of hydrogen-bond acceptors (Lipinski definition) is 3. The largest absolute Gasteiger partial charge is 0.296 e. The molecule has 0 bridgehead atoms. The lowest BCUT2D eigenvalue weighted by Gasteiger charge is -1.93. The van der Waals surface area contributed by atoms with Gasteiger partial charge in [-0.1, -0.05) is 0 Å². The van der Waals surface area contributed by atoms with E-state index in [0.717, 1.165) is 9.99 Å². The van der Waals surface area contributed by atoms with Gasteiger partial charge in [-0.2, -0.15) is 0 Å². The number of carbonyl (C=O) groups excluding carboxylic acids is 1. The van der Waals surface area contributed by atoms with Crippen LogP contribution in [0.5, 0.6) is 0 Å². The molecule has 60 valence electrons. The van der Waals surface area contributed by atoms with Crippen LogP contribution in [0.1, 0.15) is 10.5 Å². The lowest BCUT2D eigenvalue weighted by Crippen LogP contribution is -1.94. The third kappa shape index (κ3) is 1.09. The molecule has 0 N–H and O–H groups in total. The maximum Gasteiger partial charge on any atom is 0.168 e. The summed E-state index contributed by atoms with van der Waals surface area (Å²) in [6.07, 6.45) is 5.69. The Kier molecular flexibility index (Phi) is 1.80. The van der Waals surface area contributed by atoms with E-state index in [1.165, 1.54) is 6.20 Å². The van der Waals surface area contributed by atoms with Crippen LogP contribution in [0.15, 0.2) is 18.6 Å². The Bertz CT molecular complexity index is 437. The molecule has 0 saturated carbocycles. The van der Waals surface area contributed by atoms with Gasteiger partial charge in [0.15, 0.2) is 11.9 Å². The van der Waals surface area contributed by atoms with Crippen LogP contribution in [0.25, 0.3) is 5.65 Å². The monoisotopic (exact) mass is 273 g/mol. The number of fused-ring (bicyclic) bond motifs is 1. The Morgan fingerprint density at radius 1 is 1.50 bits per heavy atom. The number of imidazole rings is 1. The average Bonchev–Trinajstić information content (AvgIpc) is 2.44. The van der Waals surface area contributed by atoms with Crippen LogP contribution in [-0.2, 0) is 0 Å². The molecule has 0 unspecified atom stereocenters. The molecule has 0 aliphatic rings. The van der Waals surface area contributed by atoms with Crippen molar-refractivity contribution >= 4 is 34.5 Å². The van der Waals surface area contributed by atoms with Gasteiger partial charge in [0, 0.05) is 6.20 Å². The first kappa shape index (κ1) is 7.66. The fourth-order valence-corrected chi connectivity index (χ4v) is 1.52. The maximum atomic E-state index is 10.5. The third-order valence-corrected chi connectivity index (χ3v) is 2.02. The van der Waals surface area contributed by atoms with Crippen molar-refractivity contribution in [2.45, 2.75) is 0 Å². The Hall–Kier alpha value is -0.980. The second-order valence-corrected chi connectivity index (χ2v) is 3.35. The topological polar surface area (TPSA) is 47.3 Å². The van der Waals surface area contributed by atoms with Crippen molar-refractivity contribution in [1.29, 1.82) is 0 Å². The summed E-state index contributed by atoms with van der Waals surface area (Å²) in [5.74, 6) is 0. The van der Waals surface area contributed by atoms with E-state index in [1.54, 1.807) is 16.8 Å². The van der Waals surface area contributed by atoms with Crippen molar-refractivity contribution in [2.75, 3.05) is 0 Å². The summed E-state index contributed by atoms with van der Waals surface area (Å²) in [5.41, 5.74) is 1.21. The Morgan fingerprint density at radius 3 is 3.08 bits per heavy atom. The maximum absolute atomic E-state index is 10.5. The first-order chi connectivity index (χ1) is 5.81. The van der Waals surface area contributed by atoms with Crippen LogP contribution in [0.4, 0.5) is 0 Å². The van der Waals surface area contributed by atoms with E-state index in [0.29, 0.717) is 11.3 Å². The summed E-state index contributed by atoms with van der Waals surface area (Å²) in [6, 6.07) is 0. The fourth-order valence-electron chi connectivity index (χ4n) is 0.992. The fraction of sp³-hybridized carbons (Fsp3) is 0. The molecule has 2 aromatic rings. The van der Waals surface area contributed by atoms with Crippen molar-refractivity contribution in [1.82, 2.24) is 14.4 Å². The molecule has 0 saturated heterocycles. The number of carbonyl (C=O) groups is 1. The highest BCUT2D eigenvalue weighted by Gasteiger charge is 2.01. The van der Waals surface area contributed by atoms with Gasteiger partial charge in [-0.05, 0) is 22.6 Å². The quantitative estimate of drug-likeness (QED) is 0.578. The Labute approximate surface area is 81.8 Å². The van der Waals surface area contributed by atoms with Gasteiger partial charge in [0.1, 0.15) is 9.39 Å². The molecule has 0 fully saturated rings. The minimum atomic E-state index is 0.517. The molecule has 4 nitrogen and oxygen atoms in total. The summed E-state index contributed by atoms with van der Waals surface area (Å²) in [6.45, 7) is 0. The van der Waals surface area contributed by atoms with Gasteiger partial charge in [0.25, 0.3) is 0 Å². The molecule has 0 aliphatic carbocycles. The van der Waals surface area contributed by atoms with Crippen molar-refractivity contribution in [3.05, 3.63) is 28.0 Å². The first-order valence-electron chi connectivity index (χ1n) is 3.25. The number of halogens is 1. The van der Waals surface area contributed by atoms with Gasteiger partial charge in [-0.25, -0.2) is 4.98 Å². The smallest absolute Gasteiger partial charge is 0.168 e. The van der Waals surface area contributed by atoms with Crippen LogP contribution in [0.3, 0.4) is 0 Å². The van der Waals surface area contributed by atoms with Gasteiger partial charge >= 0.3 is 0 Å². The van der Waals surface area contributed by atoms with Gasteiger partial charge in [-0.3, -0.25) is 14.2 Å². The number of aldehydes is 1. The molecule has 0 spiro atoms. The number of nitrogens with zero attached hydrogens (tertiary/aromatic N) is 3. The molecule has 2 heterocycles. The van der Waals surface area contributed by atoms with Crippen LogP contribution in [0, 0.1) is 3.70 Å². The van der Waals surface area contributed by atoms with E-state index in [9.17, 15) is 4.79 Å². The Morgan fingerprint density at radius 2 is 2.33 bits per heavy atom. The van der Waals surface area contributed by atoms with E-state index in [-0.39, 0.29) is 0 Å². The summed E-state index contributed by atoms with van der Waals surface area (Å²) < 4.78 is 2.56. The molecule has 12 heavy (non-hydrogen) atoms. The third-order valence-electron chi connectivity index (χ3n) is 1.50. The van der Waals surface area contributed by atoms with Crippen LogP contribution in [-0.4, -0.2) is 20.7 Å². The summed E-state index contributed by atoms with van der Waals surface area (Å²) in [5, 5.41) is 0. The van der Waals surface area contributed by atoms with Gasteiger partial charge in [0.05, 0.1) is 12.4 Å². The van der Waals surface area contributed by atoms with E-state index in [1.807, 2.05) is 0 Å². The standard InChI is InChI=1S/C7H4IN3O/c8-6-3-11-5(4-12)1-9-2-7(11)10-6/h1-4H. The van der Waals surface area contributed by atoms with Crippen LogP contribution >= 0.6 is 22.6 Å². The van der Waals surface area contributed by atoms with E-state index in [2.05, 4.69) is 32.6 Å². The second kappa shape index (κ2) is 2.81. The van der Waals surface area contributed by atoms with Crippen LogP contribution in [0.2, 0.25) is 0 Å². The molecule has 0 amide bonds. The molecule has 2 aromatic heterocycles. The predicted octanol–water partition coefficient (Wildman–Crippen LogP) is 1.15. The zero-order chi connectivity index (χ0) is 8.55. The normalized spacial score (nSPS) is 10.4. The van der Waals surface area contributed by atoms with Gasteiger partial charge in [-0.15, -0.1) is 0 Å². The van der Waals surface area contributed by atoms with Crippen molar-refractivity contribution in [3.8, 4) is 0 Å². The van der Waals surface area contributed by atoms with Crippen molar-refractivity contribution in [3.63, 3.8) is 0 Å². The second-order valence-electron chi connectivity index (χ2n) is 2.24. The first-order valence-corrected chi connectivity index (χ1v) is 4.33. The Balaban J connectivity index is 2.86. The number of rotatable bonds is 1. The highest BCUT2D eigenvalue weighted by Crippen LogP contribution is 2.07. The summed E-state index contributed by atoms with van der Waals surface area (Å²) >= 11 is 2.09. The highest BCUT2D eigenvalue weighted by atomic mass is 127. The molecule has 5 heteroatoms. The minimum absolute atomic E-state index is 0.517. The molecular weight excluding hydrogens is 269 g/mol. The molecule has 0 aromatic carbocycles. The van der Waals surface area contributed by atoms with Crippen LogP contribution < -0.4 is 0 Å². The lowest BCUT2D eigenvalue weighted by atomic mass is 10.5. The predicted molar refractivity (Wildman–Crippen MR) is 51.1 cm³/mol. The van der Waals surface area contributed by atoms with E-state index in [4.69, 9.17) is 0 Å². The minimum Gasteiger partial charge on any atom is -0.296 e. The zero-order valence-corrected chi connectivity index (χ0v) is 8.09. The molecule has 0 atom stereocenters. The lowest BCUT2D eigenvalue weighted by molar-refractivity contribution is 0.111. The summed E-state index contributed by atoms with van der Waals surface area (Å²) in [7, 11) is 0. The van der Waals surface area contributed by atoms with Crippen molar-refractivity contribution < 1.29 is 4.79 Å². The molecule has 2 rings (SSSR count). The SMILES string of the molecule is O=Cc1cncc2nc(I)cn12. The summed E-state index contributed by atoms with van der Waals surface area (Å²) in [4.78, 5) is 18.6. The van der Waals surface area contributed by atoms with Gasteiger partial charge < -0.3 is 0 Å².